The second-order valence-electron chi connectivity index (χ2n) is 11.7. The highest BCUT2D eigenvalue weighted by atomic mass is 32.1. The zero-order chi connectivity index (χ0) is 37.4. The van der Waals surface area contributed by atoms with E-state index in [-0.39, 0.29) is 17.2 Å². The Kier molecular flexibility index (Phi) is 15.1. The zero-order valence-electron chi connectivity index (χ0n) is 28.9. The lowest BCUT2D eigenvalue weighted by molar-refractivity contribution is 0.0498. The molecule has 0 aliphatic carbocycles. The average molecular weight is 709 g/mol. The first-order chi connectivity index (χ1) is 24.5. The molecular formula is C40H38F2N4O4S. The molecule has 0 atom stereocenters. The molecule has 0 unspecified atom stereocenters. The summed E-state index contributed by atoms with van der Waals surface area (Å²) in [6.07, 6.45) is 6.54. The number of anilines is 1. The van der Waals surface area contributed by atoms with Crippen LogP contribution in [0.5, 0.6) is 0 Å². The standard InChI is InChI=1S/C29H29F2NO3S.C11H9N3O/c1-2-32(25-13-8-22(9-14-25)10-15-26-16-17-27(21-33)36-26)18-4-3-5-19-35-29(34)24-11-6-23(7-12-24)20-28(30)31;1-7-9(14-5)10(8(6-12)13-4)15-11(7,2)3/h6-17,20-21H,2-5,18-19H2,1H3;1-3H3/b15-10+;10-8+. The van der Waals surface area contributed by atoms with Crippen molar-refractivity contribution in [3.05, 3.63) is 139 Å². The number of carbonyl (C=O) groups excluding carboxylic acids is 2. The van der Waals surface area contributed by atoms with Gasteiger partial charge in [0.2, 0.25) is 5.70 Å². The number of carbonyl (C=O) groups is 2. The third-order valence-corrected chi connectivity index (χ3v) is 8.92. The van der Waals surface area contributed by atoms with Gasteiger partial charge in [0, 0.05) is 29.7 Å². The monoisotopic (exact) mass is 708 g/mol. The summed E-state index contributed by atoms with van der Waals surface area (Å²) in [5, 5.41) is 8.73. The van der Waals surface area contributed by atoms with E-state index in [0.717, 1.165) is 71.3 Å². The van der Waals surface area contributed by atoms with Crippen molar-refractivity contribution >= 4 is 47.5 Å². The molecule has 2 aromatic carbocycles. The molecule has 1 aliphatic rings. The number of nitriles is 1. The lowest BCUT2D eigenvalue weighted by Gasteiger charge is -2.23. The number of hydrogen-bond donors (Lipinski definition) is 0. The normalized spacial score (nSPS) is 13.9. The van der Waals surface area contributed by atoms with Gasteiger partial charge in [-0.3, -0.25) is 4.79 Å². The predicted molar refractivity (Wildman–Crippen MR) is 197 cm³/mol. The van der Waals surface area contributed by atoms with Crippen molar-refractivity contribution in [1.82, 2.24) is 0 Å². The maximum absolute atomic E-state index is 12.3. The molecular weight excluding hydrogens is 671 g/mol. The smallest absolute Gasteiger partial charge is 0.338 e. The van der Waals surface area contributed by atoms with Crippen LogP contribution in [0.1, 0.15) is 83.0 Å². The molecule has 2 heterocycles. The highest BCUT2D eigenvalue weighted by molar-refractivity contribution is 7.14. The molecule has 8 nitrogen and oxygen atoms in total. The van der Waals surface area contributed by atoms with Gasteiger partial charge in [0.15, 0.2) is 6.29 Å². The fourth-order valence-electron chi connectivity index (χ4n) is 4.89. The van der Waals surface area contributed by atoms with Gasteiger partial charge in [-0.05, 0) is 106 Å². The summed E-state index contributed by atoms with van der Waals surface area (Å²) >= 11 is 1.47. The van der Waals surface area contributed by atoms with Gasteiger partial charge in [-0.25, -0.2) is 19.7 Å². The number of thiophene rings is 1. The topological polar surface area (TPSA) is 88.4 Å². The number of halogens is 2. The maximum atomic E-state index is 12.3. The van der Waals surface area contributed by atoms with E-state index in [1.165, 1.54) is 35.6 Å². The van der Waals surface area contributed by atoms with Gasteiger partial charge in [-0.1, -0.05) is 30.3 Å². The Morgan fingerprint density at radius 3 is 2.24 bits per heavy atom. The van der Waals surface area contributed by atoms with Crippen molar-refractivity contribution in [3.63, 3.8) is 0 Å². The van der Waals surface area contributed by atoms with E-state index in [0.29, 0.717) is 17.7 Å². The lowest BCUT2D eigenvalue weighted by Crippen LogP contribution is -2.23. The molecule has 1 aliphatic heterocycles. The molecule has 0 amide bonds. The number of unbranched alkanes of at least 4 members (excludes halogenated alkanes) is 2. The molecule has 0 fully saturated rings. The molecule has 0 saturated heterocycles. The van der Waals surface area contributed by atoms with E-state index >= 15 is 0 Å². The third kappa shape index (κ3) is 11.6. The molecule has 0 bridgehead atoms. The molecule has 11 heteroatoms. The number of rotatable bonds is 13. The minimum absolute atomic E-state index is 0.116. The Morgan fingerprint density at radius 1 is 1.00 bits per heavy atom. The highest BCUT2D eigenvalue weighted by Crippen LogP contribution is 2.40. The average Bonchev–Trinajstić information content (AvgIpc) is 3.68. The van der Waals surface area contributed by atoms with Gasteiger partial charge >= 0.3 is 5.97 Å². The number of allylic oxidation sites excluding steroid dienone is 1. The molecule has 0 spiro atoms. The first kappa shape index (κ1) is 39.6. The van der Waals surface area contributed by atoms with Gasteiger partial charge in [-0.15, -0.1) is 11.3 Å². The summed E-state index contributed by atoms with van der Waals surface area (Å²) in [6.45, 7) is 23.5. The molecule has 0 N–H and O–H groups in total. The van der Waals surface area contributed by atoms with E-state index in [9.17, 15) is 18.4 Å². The Morgan fingerprint density at radius 2 is 1.67 bits per heavy atom. The lowest BCUT2D eigenvalue weighted by atomic mass is 10.0. The maximum Gasteiger partial charge on any atom is 0.338 e. The van der Waals surface area contributed by atoms with E-state index in [1.807, 2.05) is 24.3 Å². The number of nitrogens with zero attached hydrogens (tertiary/aromatic N) is 4. The van der Waals surface area contributed by atoms with Gasteiger partial charge in [0.1, 0.15) is 11.4 Å². The third-order valence-electron chi connectivity index (χ3n) is 7.95. The summed E-state index contributed by atoms with van der Waals surface area (Å²) in [6, 6.07) is 19.8. The molecule has 4 rings (SSSR count). The number of aldehydes is 1. The highest BCUT2D eigenvalue weighted by Gasteiger charge is 2.37. The minimum Gasteiger partial charge on any atom is -0.506 e. The Labute approximate surface area is 301 Å². The van der Waals surface area contributed by atoms with Crippen molar-refractivity contribution in [3.8, 4) is 6.07 Å². The van der Waals surface area contributed by atoms with Gasteiger partial charge in [0.05, 0.1) is 36.3 Å². The number of hydrogen-bond acceptors (Lipinski definition) is 7. The van der Waals surface area contributed by atoms with Gasteiger partial charge in [-0.2, -0.15) is 8.78 Å². The van der Waals surface area contributed by atoms with Crippen LogP contribution in [0.4, 0.5) is 14.5 Å². The summed E-state index contributed by atoms with van der Waals surface area (Å²) in [5.74, 6) is -0.330. The molecule has 51 heavy (non-hydrogen) atoms. The van der Waals surface area contributed by atoms with Crippen molar-refractivity contribution in [1.29, 1.82) is 5.26 Å². The largest absolute Gasteiger partial charge is 0.506 e. The van der Waals surface area contributed by atoms with Crippen LogP contribution >= 0.6 is 11.3 Å². The molecule has 262 valence electrons. The first-order valence-electron chi connectivity index (χ1n) is 16.1. The van der Waals surface area contributed by atoms with Crippen LogP contribution in [0.3, 0.4) is 0 Å². The van der Waals surface area contributed by atoms with E-state index in [2.05, 4.69) is 45.8 Å². The van der Waals surface area contributed by atoms with Crippen molar-refractivity contribution in [2.45, 2.75) is 52.6 Å². The van der Waals surface area contributed by atoms with Gasteiger partial charge in [0.25, 0.3) is 11.8 Å². The van der Waals surface area contributed by atoms with E-state index in [4.69, 9.17) is 27.9 Å². The fourth-order valence-corrected chi connectivity index (χ4v) is 5.62. The fraction of sp³-hybridized carbons (Fsp3) is 0.275. The van der Waals surface area contributed by atoms with Crippen LogP contribution in [0.2, 0.25) is 0 Å². The van der Waals surface area contributed by atoms with Crippen LogP contribution in [-0.2, 0) is 9.47 Å². The Bertz CT molecular complexity index is 1920. The number of esters is 1. The van der Waals surface area contributed by atoms with E-state index < -0.39 is 17.7 Å². The Balaban J connectivity index is 0.000000391. The second-order valence-corrected chi connectivity index (χ2v) is 12.9. The predicted octanol–water partition coefficient (Wildman–Crippen LogP) is 10.5. The molecule has 0 radical (unpaired) electrons. The van der Waals surface area contributed by atoms with Gasteiger partial charge < -0.3 is 14.4 Å². The van der Waals surface area contributed by atoms with E-state index in [1.54, 1.807) is 26.8 Å². The summed E-state index contributed by atoms with van der Waals surface area (Å²) in [4.78, 5) is 33.4. The molecule has 3 aromatic rings. The van der Waals surface area contributed by atoms with Crippen molar-refractivity contribution < 1.29 is 27.8 Å². The minimum atomic E-state index is -1.78. The van der Waals surface area contributed by atoms with Crippen LogP contribution in [0.25, 0.3) is 27.9 Å². The second kappa shape index (κ2) is 19.4. The SMILES string of the molecule is CCN(CCCCCOC(=O)c1ccc(C=C(F)F)cc1)c1ccc(/C=C/c2ccc(C=O)s2)cc1.[C-]#[N+]C1=C(C)C(C)(C)O/C1=C(\C#N)[N+]#[C-]. The van der Waals surface area contributed by atoms with Crippen LogP contribution in [-0.4, -0.2) is 37.6 Å². The van der Waals surface area contributed by atoms with Crippen molar-refractivity contribution in [2.75, 3.05) is 24.6 Å². The summed E-state index contributed by atoms with van der Waals surface area (Å²) in [5.41, 5.74) is 3.21. The summed E-state index contributed by atoms with van der Waals surface area (Å²) in [7, 11) is 0. The summed E-state index contributed by atoms with van der Waals surface area (Å²) < 4.78 is 35.3. The van der Waals surface area contributed by atoms with Crippen LogP contribution < -0.4 is 4.90 Å². The molecule has 1 aromatic heterocycles. The number of ether oxygens (including phenoxy) is 2. The van der Waals surface area contributed by atoms with Crippen LogP contribution in [0, 0.1) is 24.5 Å². The number of benzene rings is 2. The van der Waals surface area contributed by atoms with Crippen LogP contribution in [0.15, 0.2) is 89.5 Å². The molecule has 0 saturated carbocycles. The zero-order valence-corrected chi connectivity index (χ0v) is 29.7. The Hall–Kier alpha value is -5.83. The first-order valence-corrected chi connectivity index (χ1v) is 17.0. The quantitative estimate of drug-likeness (QED) is 0.0577. The van der Waals surface area contributed by atoms with Crippen molar-refractivity contribution in [2.24, 2.45) is 0 Å².